The van der Waals surface area contributed by atoms with Crippen LogP contribution >= 0.6 is 0 Å². The first-order valence-electron chi connectivity index (χ1n) is 17.3. The molecule has 198 valence electrons. The number of hydrogen-bond donors (Lipinski definition) is 2. The maximum Gasteiger partial charge on any atom is 0.586 e. The SMILES string of the molecule is [2H]c1c(CC(=O)C2(c3ccc4c(c3)OC(F)(F)O4)C([2H])([2H])C2([2H])[2H])c(F)c([2H])c2c1c([2H])c(C(C)(CC)C([2H])([2H])[2H])n2C[C@@H](O)C([2H])([2H])O. The lowest BCUT2D eigenvalue weighted by Gasteiger charge is -2.26. The monoisotopic (exact) mass is 529 g/mol. The number of halogens is 3. The van der Waals surface area contributed by atoms with Crippen LogP contribution in [-0.2, 0) is 28.6 Å². The summed E-state index contributed by atoms with van der Waals surface area (Å²) in [6.07, 6.45) is -13.9. The molecule has 1 saturated carbocycles. The number of carbonyl (C=O) groups is 1. The minimum Gasteiger partial charge on any atom is -0.395 e. The Kier molecular flexibility index (Phi) is 3.50. The van der Waals surface area contributed by atoms with Crippen LogP contribution in [0.1, 0.15) is 73.1 Å². The van der Waals surface area contributed by atoms with Gasteiger partial charge in [0.25, 0.3) is 0 Å². The molecule has 2 atom stereocenters. The van der Waals surface area contributed by atoms with Crippen LogP contribution in [0.5, 0.6) is 11.5 Å². The average Bonchev–Trinajstić information content (AvgIpc) is 3.21. The highest BCUT2D eigenvalue weighted by molar-refractivity contribution is 5.95. The van der Waals surface area contributed by atoms with Gasteiger partial charge in [-0.3, -0.25) is 4.79 Å². The minimum atomic E-state index is -4.10. The van der Waals surface area contributed by atoms with E-state index in [-0.39, 0.29) is 6.42 Å². The Balaban J connectivity index is 1.73. The van der Waals surface area contributed by atoms with Crippen molar-refractivity contribution in [2.45, 2.75) is 76.1 Å². The second-order valence-electron chi connectivity index (χ2n) is 9.11. The molecule has 0 bridgehead atoms. The number of aliphatic hydroxyl groups excluding tert-OH is 1. The largest absolute Gasteiger partial charge is 0.586 e. The van der Waals surface area contributed by atoms with Gasteiger partial charge < -0.3 is 24.3 Å². The molecule has 3 aromatic rings. The number of carbonyl (C=O) groups excluding carboxylic acids is 1. The van der Waals surface area contributed by atoms with Crippen LogP contribution in [0.4, 0.5) is 13.2 Å². The number of alkyl halides is 2. The molecule has 5 rings (SSSR count). The van der Waals surface area contributed by atoms with Gasteiger partial charge in [-0.15, -0.1) is 8.78 Å². The molecular formula is C28H30F3NO5. The Bertz CT molecular complexity index is 1880. The van der Waals surface area contributed by atoms with E-state index in [1.807, 2.05) is 0 Å². The molecule has 0 amide bonds. The van der Waals surface area contributed by atoms with E-state index in [1.54, 1.807) is 0 Å². The van der Waals surface area contributed by atoms with Crippen molar-refractivity contribution in [3.63, 3.8) is 0 Å². The maximum atomic E-state index is 16.2. The van der Waals surface area contributed by atoms with Gasteiger partial charge in [0.15, 0.2) is 11.5 Å². The molecule has 2 heterocycles. The summed E-state index contributed by atoms with van der Waals surface area (Å²) in [5.74, 6) is -4.06. The Morgan fingerprint density at radius 1 is 1.32 bits per heavy atom. The Labute approximate surface area is 229 Å². The zero-order chi connectivity index (χ0) is 37.2. The molecule has 9 heteroatoms. The van der Waals surface area contributed by atoms with E-state index in [0.29, 0.717) is 0 Å². The fraction of sp³-hybridized carbons (Fsp3) is 0.464. The van der Waals surface area contributed by atoms with Crippen LogP contribution in [0.15, 0.2) is 36.3 Å². The van der Waals surface area contributed by atoms with E-state index >= 15 is 4.39 Å². The molecular weight excluding hydrogens is 487 g/mol. The highest BCUT2D eigenvalue weighted by Gasteiger charge is 2.52. The van der Waals surface area contributed by atoms with Crippen molar-refractivity contribution in [3.8, 4) is 11.5 Å². The third-order valence-electron chi connectivity index (χ3n) is 6.49. The summed E-state index contributed by atoms with van der Waals surface area (Å²) < 4.78 is 153. The molecule has 2 N–H and O–H groups in total. The van der Waals surface area contributed by atoms with E-state index < -0.39 is 131 Å². The Morgan fingerprint density at radius 3 is 2.70 bits per heavy atom. The number of fused-ring (bicyclic) bond motifs is 2. The van der Waals surface area contributed by atoms with Crippen LogP contribution in [-0.4, -0.2) is 39.5 Å². The predicted molar refractivity (Wildman–Crippen MR) is 131 cm³/mol. The van der Waals surface area contributed by atoms with Crippen molar-refractivity contribution < 1.29 is 54.1 Å². The summed E-state index contributed by atoms with van der Waals surface area (Å²) in [5.41, 5.74) is -7.18. The summed E-state index contributed by atoms with van der Waals surface area (Å²) in [6, 6.07) is -0.143. The smallest absolute Gasteiger partial charge is 0.395 e. The van der Waals surface area contributed by atoms with E-state index in [9.17, 15) is 23.8 Å². The van der Waals surface area contributed by atoms with Gasteiger partial charge in [0.05, 0.1) is 37.0 Å². The molecule has 1 aliphatic carbocycles. The second-order valence-corrected chi connectivity index (χ2v) is 9.11. The lowest BCUT2D eigenvalue weighted by molar-refractivity contribution is -0.286. The number of benzene rings is 2. The van der Waals surface area contributed by atoms with E-state index in [4.69, 9.17) is 16.4 Å². The fourth-order valence-corrected chi connectivity index (χ4v) is 4.20. The highest BCUT2D eigenvalue weighted by Crippen LogP contribution is 2.52. The number of hydrogen-bond acceptors (Lipinski definition) is 5. The molecule has 2 aliphatic rings. The molecule has 6 nitrogen and oxygen atoms in total. The van der Waals surface area contributed by atoms with Crippen molar-refractivity contribution >= 4 is 16.7 Å². The van der Waals surface area contributed by atoms with Crippen molar-refractivity contribution in [1.82, 2.24) is 4.57 Å². The summed E-state index contributed by atoms with van der Waals surface area (Å²) in [4.78, 5) is 14.0. The lowest BCUT2D eigenvalue weighted by atomic mass is 9.86. The van der Waals surface area contributed by atoms with Crippen LogP contribution in [0.2, 0.25) is 0 Å². The Morgan fingerprint density at radius 2 is 2.05 bits per heavy atom. The second kappa shape index (κ2) is 8.77. The first-order chi connectivity index (χ1) is 22.1. The number of aliphatic hydroxyl groups is 2. The maximum absolute atomic E-state index is 16.2. The molecule has 1 unspecified atom stereocenters. The number of aromatic nitrogens is 1. The topological polar surface area (TPSA) is 80.9 Å². The quantitative estimate of drug-likeness (QED) is 0.409. The molecule has 37 heavy (non-hydrogen) atoms. The standard InChI is InChI=1S/C28H30F3NO5/c1-4-26(2,3)24-10-17-9-16(20(29)13-21(17)32(24)14-19(34)15-33)11-25(35)27(7-8-27)18-5-6-22-23(12-18)37-28(30,31)36-22/h5-6,9-10,12-13,19,33-34H,4,7-8,11,14-15H2,1-3H3/t19-/m1/s1/i2D3,7D2,8D2,9D,10D,13D,15D2/t19-,26?. The number of nitrogens with zero attached hydrogens (tertiary/aromatic N) is 1. The van der Waals surface area contributed by atoms with Gasteiger partial charge in [-0.05, 0) is 60.6 Å². The van der Waals surface area contributed by atoms with E-state index in [0.717, 1.165) is 22.8 Å². The number of Topliss-reactive ketones (excluding diaryl/α,β-unsaturated/α-hetero) is 1. The molecule has 0 spiro atoms. The third-order valence-corrected chi connectivity index (χ3v) is 6.49. The van der Waals surface area contributed by atoms with Crippen molar-refractivity contribution in [3.05, 3.63) is 59.0 Å². The van der Waals surface area contributed by atoms with Crippen LogP contribution in [0, 0.1) is 5.82 Å². The van der Waals surface area contributed by atoms with Gasteiger partial charge in [-0.25, -0.2) is 4.39 Å². The number of rotatable bonds is 9. The van der Waals surface area contributed by atoms with E-state index in [1.165, 1.54) is 13.8 Å². The molecule has 0 saturated heterocycles. The van der Waals surface area contributed by atoms with Gasteiger partial charge in [0.1, 0.15) is 11.6 Å². The molecule has 0 radical (unpaired) electrons. The normalized spacial score (nSPS) is 27.8. The van der Waals surface area contributed by atoms with Gasteiger partial charge in [-0.2, -0.15) is 0 Å². The van der Waals surface area contributed by atoms with Crippen LogP contribution in [0.3, 0.4) is 0 Å². The fourth-order valence-electron chi connectivity index (χ4n) is 4.20. The number of ketones is 1. The zero-order valence-corrected chi connectivity index (χ0v) is 19.6. The lowest BCUT2D eigenvalue weighted by Crippen LogP contribution is -2.26. The summed E-state index contributed by atoms with van der Waals surface area (Å²) in [6.45, 7) is -4.51. The van der Waals surface area contributed by atoms with Crippen LogP contribution < -0.4 is 9.47 Å². The first kappa shape index (κ1) is 14.8. The van der Waals surface area contributed by atoms with Crippen molar-refractivity contribution in [2.24, 2.45) is 0 Å². The molecule has 1 aliphatic heterocycles. The molecule has 1 fully saturated rings. The molecule has 1 aromatic heterocycles. The summed E-state index contributed by atoms with van der Waals surface area (Å²) in [7, 11) is 0. The van der Waals surface area contributed by atoms with Gasteiger partial charge in [0.2, 0.25) is 0 Å². The van der Waals surface area contributed by atoms with Gasteiger partial charge in [-0.1, -0.05) is 26.8 Å². The van der Waals surface area contributed by atoms with Gasteiger partial charge in [0, 0.05) is 32.5 Å². The van der Waals surface area contributed by atoms with Crippen molar-refractivity contribution in [2.75, 3.05) is 6.56 Å². The van der Waals surface area contributed by atoms with Gasteiger partial charge >= 0.3 is 6.29 Å². The minimum absolute atomic E-state index is 0.212. The summed E-state index contributed by atoms with van der Waals surface area (Å²) in [5, 5.41) is 19.7. The van der Waals surface area contributed by atoms with Crippen molar-refractivity contribution in [1.29, 1.82) is 0 Å². The van der Waals surface area contributed by atoms with E-state index in [2.05, 4.69) is 9.47 Å². The van der Waals surface area contributed by atoms with Crippen LogP contribution in [0.25, 0.3) is 10.9 Å². The third kappa shape index (κ3) is 4.48. The number of ether oxygens (including phenoxy) is 2. The summed E-state index contributed by atoms with van der Waals surface area (Å²) >= 11 is 0. The molecule has 2 aromatic carbocycles. The zero-order valence-electron chi connectivity index (χ0n) is 31.6. The first-order valence-corrected chi connectivity index (χ1v) is 11.3. The highest BCUT2D eigenvalue weighted by atomic mass is 19.3. The predicted octanol–water partition coefficient (Wildman–Crippen LogP) is 4.99. The Hall–Kier alpha value is -3.04. The average molecular weight is 530 g/mol.